The Hall–Kier alpha value is -5.23. The van der Waals surface area contributed by atoms with Crippen LogP contribution < -0.4 is 0 Å². The predicted octanol–water partition coefficient (Wildman–Crippen LogP) is 8.25. The molecule has 186 valence electrons. The Morgan fingerprint density at radius 2 is 1.18 bits per heavy atom. The summed E-state index contributed by atoms with van der Waals surface area (Å²) in [6.45, 7) is 0. The SMILES string of the molecule is Fc1ccc2c(c1)c1cc(F)ccc1n2-c1ccc(-c2cc(-c3ccncc3)nc(-c3ccccn3)c2)cc1. The lowest BCUT2D eigenvalue weighted by molar-refractivity contribution is 0.628. The first-order chi connectivity index (χ1) is 19.1. The third-order valence-corrected chi connectivity index (χ3v) is 6.88. The Kier molecular flexibility index (Phi) is 5.44. The second-order valence-corrected chi connectivity index (χ2v) is 9.28. The number of fused-ring (bicyclic) bond motifs is 3. The van der Waals surface area contributed by atoms with E-state index in [-0.39, 0.29) is 11.6 Å². The summed E-state index contributed by atoms with van der Waals surface area (Å²) in [6, 6.07) is 31.1. The quantitative estimate of drug-likeness (QED) is 0.239. The van der Waals surface area contributed by atoms with Crippen molar-refractivity contribution in [2.45, 2.75) is 0 Å². The molecular formula is C33H20F2N4. The van der Waals surface area contributed by atoms with Crippen molar-refractivity contribution >= 4 is 21.8 Å². The lowest BCUT2D eigenvalue weighted by Gasteiger charge is -2.12. The zero-order valence-corrected chi connectivity index (χ0v) is 20.6. The number of nitrogens with zero attached hydrogens (tertiary/aromatic N) is 4. The standard InChI is InChI=1S/C33H20F2N4/c34-24-6-10-32-27(19-24)28-20-25(35)7-11-33(28)39(32)26-8-4-21(5-9-26)23-17-30(22-12-15-36-16-13-22)38-31(18-23)29-3-1-2-14-37-29/h1-20H. The average Bonchev–Trinajstić information content (AvgIpc) is 3.30. The van der Waals surface area contributed by atoms with Crippen LogP contribution in [0.5, 0.6) is 0 Å². The highest BCUT2D eigenvalue weighted by Crippen LogP contribution is 2.34. The fourth-order valence-electron chi connectivity index (χ4n) is 5.06. The molecule has 0 amide bonds. The van der Waals surface area contributed by atoms with E-state index in [1.807, 2.05) is 65.2 Å². The van der Waals surface area contributed by atoms with Crippen LogP contribution in [0.4, 0.5) is 8.78 Å². The summed E-state index contributed by atoms with van der Waals surface area (Å²) in [5, 5.41) is 1.34. The van der Waals surface area contributed by atoms with Crippen LogP contribution in [-0.2, 0) is 0 Å². The zero-order valence-electron chi connectivity index (χ0n) is 20.6. The van der Waals surface area contributed by atoms with Crippen LogP contribution in [0, 0.1) is 11.6 Å². The van der Waals surface area contributed by atoms with E-state index in [4.69, 9.17) is 4.98 Å². The molecule has 0 bridgehead atoms. The van der Waals surface area contributed by atoms with Gasteiger partial charge in [-0.05, 0) is 96.1 Å². The molecule has 0 aliphatic heterocycles. The molecule has 39 heavy (non-hydrogen) atoms. The van der Waals surface area contributed by atoms with Gasteiger partial charge in [0.05, 0.1) is 28.1 Å². The van der Waals surface area contributed by atoms with Crippen molar-refractivity contribution in [3.63, 3.8) is 0 Å². The van der Waals surface area contributed by atoms with Crippen LogP contribution in [-0.4, -0.2) is 19.5 Å². The largest absolute Gasteiger partial charge is 0.309 e. The molecule has 0 unspecified atom stereocenters. The molecule has 0 spiro atoms. The van der Waals surface area contributed by atoms with Gasteiger partial charge in [-0.1, -0.05) is 18.2 Å². The van der Waals surface area contributed by atoms with E-state index in [9.17, 15) is 8.78 Å². The fourth-order valence-corrected chi connectivity index (χ4v) is 5.06. The third-order valence-electron chi connectivity index (χ3n) is 6.88. The molecule has 0 aliphatic carbocycles. The van der Waals surface area contributed by atoms with Crippen LogP contribution in [0.25, 0.3) is 61.3 Å². The van der Waals surface area contributed by atoms with E-state index in [1.165, 1.54) is 24.3 Å². The molecular weight excluding hydrogens is 490 g/mol. The van der Waals surface area contributed by atoms with Crippen molar-refractivity contribution in [3.8, 4) is 39.5 Å². The van der Waals surface area contributed by atoms with Gasteiger partial charge in [0.2, 0.25) is 0 Å². The molecule has 0 aliphatic rings. The normalized spacial score (nSPS) is 11.3. The summed E-state index contributed by atoms with van der Waals surface area (Å²) in [6.07, 6.45) is 5.26. The highest BCUT2D eigenvalue weighted by Gasteiger charge is 2.15. The van der Waals surface area contributed by atoms with Crippen molar-refractivity contribution in [1.29, 1.82) is 0 Å². The van der Waals surface area contributed by atoms with Crippen molar-refractivity contribution in [2.75, 3.05) is 0 Å². The van der Waals surface area contributed by atoms with Gasteiger partial charge in [0.1, 0.15) is 11.6 Å². The highest BCUT2D eigenvalue weighted by atomic mass is 19.1. The van der Waals surface area contributed by atoms with E-state index in [1.54, 1.807) is 30.7 Å². The molecule has 0 radical (unpaired) electrons. The monoisotopic (exact) mass is 510 g/mol. The second kappa shape index (κ2) is 9.26. The van der Waals surface area contributed by atoms with Crippen LogP contribution in [0.3, 0.4) is 0 Å². The van der Waals surface area contributed by atoms with Crippen molar-refractivity contribution in [1.82, 2.24) is 19.5 Å². The Morgan fingerprint density at radius 1 is 0.513 bits per heavy atom. The van der Waals surface area contributed by atoms with E-state index in [0.717, 1.165) is 50.5 Å². The van der Waals surface area contributed by atoms with Gasteiger partial charge in [-0.3, -0.25) is 9.97 Å². The van der Waals surface area contributed by atoms with Crippen molar-refractivity contribution in [3.05, 3.63) is 133 Å². The van der Waals surface area contributed by atoms with Gasteiger partial charge in [0, 0.05) is 40.6 Å². The maximum absolute atomic E-state index is 14.1. The van der Waals surface area contributed by atoms with Crippen LogP contribution in [0.2, 0.25) is 0 Å². The Labute approximate surface area is 222 Å². The van der Waals surface area contributed by atoms with Gasteiger partial charge in [0.15, 0.2) is 0 Å². The first-order valence-electron chi connectivity index (χ1n) is 12.5. The molecule has 0 fully saturated rings. The summed E-state index contributed by atoms with van der Waals surface area (Å²) in [7, 11) is 0. The molecule has 6 heteroatoms. The van der Waals surface area contributed by atoms with Gasteiger partial charge >= 0.3 is 0 Å². The Morgan fingerprint density at radius 3 is 1.82 bits per heavy atom. The lowest BCUT2D eigenvalue weighted by atomic mass is 10.0. The number of pyridine rings is 3. The molecule has 0 saturated carbocycles. The van der Waals surface area contributed by atoms with Crippen molar-refractivity contribution < 1.29 is 8.78 Å². The number of aromatic nitrogens is 4. The summed E-state index contributed by atoms with van der Waals surface area (Å²) in [5.74, 6) is -0.708. The van der Waals surface area contributed by atoms with Crippen LogP contribution in [0.15, 0.2) is 122 Å². The molecule has 4 nitrogen and oxygen atoms in total. The van der Waals surface area contributed by atoms with Crippen LogP contribution in [0.1, 0.15) is 0 Å². The molecule has 7 aromatic rings. The van der Waals surface area contributed by atoms with Crippen LogP contribution >= 0.6 is 0 Å². The van der Waals surface area contributed by atoms with Gasteiger partial charge in [0.25, 0.3) is 0 Å². The van der Waals surface area contributed by atoms with E-state index >= 15 is 0 Å². The number of hydrogen-bond donors (Lipinski definition) is 0. The molecule has 0 atom stereocenters. The molecule has 0 saturated heterocycles. The molecule has 4 aromatic heterocycles. The first kappa shape index (κ1) is 22.9. The zero-order chi connectivity index (χ0) is 26.3. The van der Waals surface area contributed by atoms with Gasteiger partial charge in [-0.25, -0.2) is 13.8 Å². The predicted molar refractivity (Wildman–Crippen MR) is 150 cm³/mol. The van der Waals surface area contributed by atoms with Gasteiger partial charge < -0.3 is 4.57 Å². The van der Waals surface area contributed by atoms with Gasteiger partial charge in [-0.15, -0.1) is 0 Å². The summed E-state index contributed by atoms with van der Waals surface area (Å²) in [4.78, 5) is 13.5. The van der Waals surface area contributed by atoms with Crippen molar-refractivity contribution in [2.24, 2.45) is 0 Å². The molecule has 0 N–H and O–H groups in total. The first-order valence-corrected chi connectivity index (χ1v) is 12.5. The molecule has 7 rings (SSSR count). The number of rotatable bonds is 4. The topological polar surface area (TPSA) is 43.6 Å². The second-order valence-electron chi connectivity index (χ2n) is 9.28. The molecule has 4 heterocycles. The Balaban J connectivity index is 1.37. The maximum Gasteiger partial charge on any atom is 0.123 e. The van der Waals surface area contributed by atoms with E-state index in [2.05, 4.69) is 16.0 Å². The minimum Gasteiger partial charge on any atom is -0.309 e. The summed E-state index contributed by atoms with van der Waals surface area (Å²) < 4.78 is 30.3. The summed E-state index contributed by atoms with van der Waals surface area (Å²) in [5.41, 5.74) is 7.87. The molecule has 3 aromatic carbocycles. The average molecular weight is 511 g/mol. The number of hydrogen-bond acceptors (Lipinski definition) is 3. The van der Waals surface area contributed by atoms with E-state index < -0.39 is 0 Å². The minimum atomic E-state index is -0.354. The smallest absolute Gasteiger partial charge is 0.123 e. The Bertz CT molecular complexity index is 1850. The number of benzene rings is 3. The number of halogens is 2. The van der Waals surface area contributed by atoms with Gasteiger partial charge in [-0.2, -0.15) is 0 Å². The summed E-state index contributed by atoms with van der Waals surface area (Å²) >= 11 is 0. The maximum atomic E-state index is 14.1. The fraction of sp³-hybridized carbons (Fsp3) is 0. The lowest BCUT2D eigenvalue weighted by Crippen LogP contribution is -1.95. The minimum absolute atomic E-state index is 0.354. The van der Waals surface area contributed by atoms with E-state index in [0.29, 0.717) is 10.8 Å². The highest BCUT2D eigenvalue weighted by molar-refractivity contribution is 6.09. The third kappa shape index (κ3) is 4.12.